The molecular formula is C12H15N3S2. The van der Waals surface area contributed by atoms with Crippen molar-refractivity contribution in [3.63, 3.8) is 0 Å². The highest BCUT2D eigenvalue weighted by molar-refractivity contribution is 7.21. The number of aromatic nitrogens is 2. The molecule has 1 aliphatic carbocycles. The molecule has 0 saturated carbocycles. The SMILES string of the molecule is NCc1nnc(-c2cc3c(s2)CCCCC3)s1. The van der Waals surface area contributed by atoms with E-state index in [1.807, 2.05) is 11.3 Å². The molecule has 0 saturated heterocycles. The van der Waals surface area contributed by atoms with Gasteiger partial charge in [0.15, 0.2) is 5.01 Å². The second-order valence-electron chi connectivity index (χ2n) is 4.32. The first-order valence-electron chi connectivity index (χ1n) is 6.01. The lowest BCUT2D eigenvalue weighted by Crippen LogP contribution is -1.94. The molecule has 3 rings (SSSR count). The van der Waals surface area contributed by atoms with E-state index in [0.717, 1.165) is 10.0 Å². The van der Waals surface area contributed by atoms with E-state index < -0.39 is 0 Å². The zero-order valence-corrected chi connectivity index (χ0v) is 11.2. The average molecular weight is 265 g/mol. The summed E-state index contributed by atoms with van der Waals surface area (Å²) in [6.07, 6.45) is 6.49. The first kappa shape index (κ1) is 11.3. The summed E-state index contributed by atoms with van der Waals surface area (Å²) < 4.78 is 0. The summed E-state index contributed by atoms with van der Waals surface area (Å²) in [4.78, 5) is 2.83. The molecule has 3 nitrogen and oxygen atoms in total. The van der Waals surface area contributed by atoms with Crippen LogP contribution in [-0.2, 0) is 19.4 Å². The van der Waals surface area contributed by atoms with Crippen LogP contribution in [0.3, 0.4) is 0 Å². The molecule has 2 heterocycles. The third kappa shape index (κ3) is 2.27. The Balaban J connectivity index is 1.93. The molecule has 17 heavy (non-hydrogen) atoms. The predicted octanol–water partition coefficient (Wildman–Crippen LogP) is 2.99. The van der Waals surface area contributed by atoms with E-state index in [1.54, 1.807) is 16.2 Å². The highest BCUT2D eigenvalue weighted by Gasteiger charge is 2.15. The summed E-state index contributed by atoms with van der Waals surface area (Å²) in [5.74, 6) is 0. The van der Waals surface area contributed by atoms with Gasteiger partial charge in [0.05, 0.1) is 4.88 Å². The van der Waals surface area contributed by atoms with Crippen molar-refractivity contribution in [1.82, 2.24) is 10.2 Å². The molecule has 2 N–H and O–H groups in total. The van der Waals surface area contributed by atoms with Gasteiger partial charge in [-0.1, -0.05) is 17.8 Å². The minimum atomic E-state index is 0.489. The van der Waals surface area contributed by atoms with E-state index in [0.29, 0.717) is 6.54 Å². The Morgan fingerprint density at radius 1 is 1.12 bits per heavy atom. The fourth-order valence-corrected chi connectivity index (χ4v) is 4.22. The molecule has 0 bridgehead atoms. The number of hydrogen-bond acceptors (Lipinski definition) is 5. The Bertz CT molecular complexity index is 492. The van der Waals surface area contributed by atoms with Gasteiger partial charge in [-0.3, -0.25) is 0 Å². The zero-order valence-electron chi connectivity index (χ0n) is 9.61. The number of nitrogens with two attached hydrogens (primary N) is 1. The van der Waals surface area contributed by atoms with E-state index in [9.17, 15) is 0 Å². The van der Waals surface area contributed by atoms with Crippen LogP contribution in [0, 0.1) is 0 Å². The standard InChI is InChI=1S/C12H15N3S2/c13-7-11-14-15-12(17-11)10-6-8-4-2-1-3-5-9(8)16-10/h6H,1-5,7,13H2. The summed E-state index contributed by atoms with van der Waals surface area (Å²) in [6, 6.07) is 2.31. The van der Waals surface area contributed by atoms with Crippen LogP contribution in [0.4, 0.5) is 0 Å². The summed E-state index contributed by atoms with van der Waals surface area (Å²) in [6.45, 7) is 0.489. The highest BCUT2D eigenvalue weighted by atomic mass is 32.1. The van der Waals surface area contributed by atoms with Gasteiger partial charge in [-0.2, -0.15) is 0 Å². The number of aryl methyl sites for hydroxylation is 2. The lowest BCUT2D eigenvalue weighted by atomic mass is 10.1. The van der Waals surface area contributed by atoms with E-state index >= 15 is 0 Å². The van der Waals surface area contributed by atoms with Crippen LogP contribution < -0.4 is 5.73 Å². The van der Waals surface area contributed by atoms with Crippen LogP contribution in [0.2, 0.25) is 0 Å². The largest absolute Gasteiger partial charge is 0.324 e. The van der Waals surface area contributed by atoms with Gasteiger partial charge in [-0.05, 0) is 37.3 Å². The van der Waals surface area contributed by atoms with Gasteiger partial charge in [0.1, 0.15) is 5.01 Å². The minimum absolute atomic E-state index is 0.489. The lowest BCUT2D eigenvalue weighted by molar-refractivity contribution is 0.713. The average Bonchev–Trinajstić information content (AvgIpc) is 2.92. The summed E-state index contributed by atoms with van der Waals surface area (Å²) in [7, 11) is 0. The molecule has 0 amide bonds. The molecule has 0 spiro atoms. The van der Waals surface area contributed by atoms with Crippen molar-refractivity contribution in [2.45, 2.75) is 38.6 Å². The zero-order chi connectivity index (χ0) is 11.7. The van der Waals surface area contributed by atoms with Crippen molar-refractivity contribution in [2.24, 2.45) is 5.73 Å². The maximum atomic E-state index is 5.57. The highest BCUT2D eigenvalue weighted by Crippen LogP contribution is 2.36. The third-order valence-corrected chi connectivity index (χ3v) is 5.45. The smallest absolute Gasteiger partial charge is 0.157 e. The molecular weight excluding hydrogens is 250 g/mol. The minimum Gasteiger partial charge on any atom is -0.324 e. The van der Waals surface area contributed by atoms with Crippen LogP contribution >= 0.6 is 22.7 Å². The third-order valence-electron chi connectivity index (χ3n) is 3.10. The van der Waals surface area contributed by atoms with E-state index in [2.05, 4.69) is 16.3 Å². The maximum Gasteiger partial charge on any atom is 0.157 e. The molecule has 2 aromatic rings. The van der Waals surface area contributed by atoms with E-state index in [-0.39, 0.29) is 0 Å². The molecule has 0 atom stereocenters. The molecule has 1 aliphatic rings. The molecule has 0 radical (unpaired) electrons. The van der Waals surface area contributed by atoms with Crippen molar-refractivity contribution in [3.05, 3.63) is 21.5 Å². The number of thiophene rings is 1. The van der Waals surface area contributed by atoms with Gasteiger partial charge in [-0.25, -0.2) is 0 Å². The Morgan fingerprint density at radius 2 is 2.00 bits per heavy atom. The van der Waals surface area contributed by atoms with Gasteiger partial charge < -0.3 is 5.73 Å². The first-order valence-corrected chi connectivity index (χ1v) is 7.64. The van der Waals surface area contributed by atoms with Crippen LogP contribution in [0.5, 0.6) is 0 Å². The van der Waals surface area contributed by atoms with E-state index in [1.165, 1.54) is 42.5 Å². The molecule has 0 aromatic carbocycles. The number of rotatable bonds is 2. The van der Waals surface area contributed by atoms with Crippen molar-refractivity contribution >= 4 is 22.7 Å². The summed E-state index contributed by atoms with van der Waals surface area (Å²) >= 11 is 3.51. The fourth-order valence-electron chi connectivity index (χ4n) is 2.21. The van der Waals surface area contributed by atoms with E-state index in [4.69, 9.17) is 5.73 Å². The Labute approximate surface area is 109 Å². The van der Waals surface area contributed by atoms with Gasteiger partial charge in [0.25, 0.3) is 0 Å². The fraction of sp³-hybridized carbons (Fsp3) is 0.500. The normalized spacial score (nSPS) is 15.6. The predicted molar refractivity (Wildman–Crippen MR) is 72.4 cm³/mol. The number of nitrogens with zero attached hydrogens (tertiary/aromatic N) is 2. The molecule has 90 valence electrons. The monoisotopic (exact) mass is 265 g/mol. The Kier molecular flexibility index (Phi) is 3.22. The van der Waals surface area contributed by atoms with Crippen LogP contribution in [0.1, 0.15) is 34.7 Å². The molecule has 0 fully saturated rings. The summed E-state index contributed by atoms with van der Waals surface area (Å²) in [5, 5.41) is 10.3. The lowest BCUT2D eigenvalue weighted by Gasteiger charge is -1.92. The number of fused-ring (bicyclic) bond motifs is 1. The van der Waals surface area contributed by atoms with Crippen molar-refractivity contribution in [2.75, 3.05) is 0 Å². The van der Waals surface area contributed by atoms with Crippen molar-refractivity contribution in [1.29, 1.82) is 0 Å². The van der Waals surface area contributed by atoms with Gasteiger partial charge >= 0.3 is 0 Å². The maximum absolute atomic E-state index is 5.57. The molecule has 0 unspecified atom stereocenters. The first-order chi connectivity index (χ1) is 8.36. The summed E-state index contributed by atoms with van der Waals surface area (Å²) in [5.41, 5.74) is 7.10. The molecule has 0 aliphatic heterocycles. The van der Waals surface area contributed by atoms with Crippen molar-refractivity contribution in [3.8, 4) is 9.88 Å². The molecule has 2 aromatic heterocycles. The second kappa shape index (κ2) is 4.84. The Morgan fingerprint density at radius 3 is 2.82 bits per heavy atom. The molecule has 5 heteroatoms. The Hall–Kier alpha value is -0.780. The van der Waals surface area contributed by atoms with Crippen LogP contribution in [0.15, 0.2) is 6.07 Å². The topological polar surface area (TPSA) is 51.8 Å². The van der Waals surface area contributed by atoms with Gasteiger partial charge in [0, 0.05) is 11.4 Å². The second-order valence-corrected chi connectivity index (χ2v) is 6.52. The van der Waals surface area contributed by atoms with Gasteiger partial charge in [-0.15, -0.1) is 21.5 Å². The van der Waals surface area contributed by atoms with Crippen LogP contribution in [-0.4, -0.2) is 10.2 Å². The van der Waals surface area contributed by atoms with Gasteiger partial charge in [0.2, 0.25) is 0 Å². The number of hydrogen-bond donors (Lipinski definition) is 1. The quantitative estimate of drug-likeness (QED) is 0.849. The van der Waals surface area contributed by atoms with Crippen molar-refractivity contribution < 1.29 is 0 Å². The van der Waals surface area contributed by atoms with Crippen LogP contribution in [0.25, 0.3) is 9.88 Å².